The summed E-state index contributed by atoms with van der Waals surface area (Å²) in [5, 5.41) is 20.5. The molecule has 4 rings (SSSR count). The van der Waals surface area contributed by atoms with Crippen LogP contribution in [0, 0.1) is 6.92 Å². The van der Waals surface area contributed by atoms with E-state index in [1.807, 2.05) is 0 Å². The second-order valence-corrected chi connectivity index (χ2v) is 8.85. The minimum atomic E-state index is -4.84. The third-order valence-corrected chi connectivity index (χ3v) is 5.73. The third kappa shape index (κ3) is 5.77. The van der Waals surface area contributed by atoms with Crippen LogP contribution in [0.4, 0.5) is 30.2 Å². The maximum Gasteiger partial charge on any atom is 0.417 e. The lowest BCUT2D eigenvalue weighted by molar-refractivity contribution is -0.137. The molecule has 4 aromatic rings. The summed E-state index contributed by atoms with van der Waals surface area (Å²) < 4.78 is 47.4. The first-order valence-corrected chi connectivity index (χ1v) is 11.6. The summed E-state index contributed by atoms with van der Waals surface area (Å²) in [4.78, 5) is 48.0. The Hall–Kier alpha value is -5.20. The SMILES string of the molecule is CC(=O)Nc1ccc(-c2cc3onc(C(=O)Nc4ccc(C)cc4C(=O)O)c3cc2NC(C)=O)c(C(F)(F)F)c1. The number of carbonyl (C=O) groups is 4. The number of rotatable bonds is 6. The maximum atomic E-state index is 14.1. The van der Waals surface area contributed by atoms with Gasteiger partial charge in [-0.15, -0.1) is 0 Å². The smallest absolute Gasteiger partial charge is 0.417 e. The van der Waals surface area contributed by atoms with Gasteiger partial charge in [-0.05, 0) is 48.9 Å². The van der Waals surface area contributed by atoms with Gasteiger partial charge in [-0.1, -0.05) is 22.9 Å². The van der Waals surface area contributed by atoms with Gasteiger partial charge in [0.05, 0.1) is 22.2 Å². The van der Waals surface area contributed by atoms with E-state index < -0.39 is 35.4 Å². The predicted molar refractivity (Wildman–Crippen MR) is 139 cm³/mol. The molecule has 0 fully saturated rings. The molecule has 1 heterocycles. The first-order valence-electron chi connectivity index (χ1n) is 11.6. The van der Waals surface area contributed by atoms with Crippen LogP contribution in [0.3, 0.4) is 0 Å². The Labute approximate surface area is 224 Å². The van der Waals surface area contributed by atoms with Crippen LogP contribution in [-0.2, 0) is 15.8 Å². The maximum absolute atomic E-state index is 14.1. The van der Waals surface area contributed by atoms with E-state index in [0.717, 1.165) is 26.0 Å². The van der Waals surface area contributed by atoms with Crippen molar-refractivity contribution in [2.75, 3.05) is 16.0 Å². The highest BCUT2D eigenvalue weighted by Gasteiger charge is 2.35. The van der Waals surface area contributed by atoms with Crippen molar-refractivity contribution in [3.05, 3.63) is 70.9 Å². The first kappa shape index (κ1) is 27.8. The molecule has 0 aliphatic carbocycles. The number of nitrogens with zero attached hydrogens (tertiary/aromatic N) is 1. The molecule has 13 heteroatoms. The van der Waals surface area contributed by atoms with Gasteiger partial charge in [-0.2, -0.15) is 13.2 Å². The fourth-order valence-corrected chi connectivity index (χ4v) is 4.08. The Morgan fingerprint density at radius 3 is 2.17 bits per heavy atom. The molecule has 0 saturated heterocycles. The molecule has 4 N–H and O–H groups in total. The molecule has 10 nitrogen and oxygen atoms in total. The molecule has 40 heavy (non-hydrogen) atoms. The lowest BCUT2D eigenvalue weighted by Gasteiger charge is -2.17. The number of amides is 3. The first-order chi connectivity index (χ1) is 18.7. The standard InChI is InChI=1S/C27H21F3N4O6/c1-12-4-7-21(18(8-12)26(38)39)33-25(37)24-19-10-22(32-14(3)36)17(11-23(19)40-34-24)16-6-5-15(31-13(2)35)9-20(16)27(28,29)30/h4-11H,1-3H3,(H,31,35)(H,32,36)(H,33,37)(H,38,39). The van der Waals surface area contributed by atoms with Crippen LogP contribution in [0.2, 0.25) is 0 Å². The molecule has 0 aliphatic heterocycles. The zero-order valence-electron chi connectivity index (χ0n) is 21.2. The summed E-state index contributed by atoms with van der Waals surface area (Å²) in [6.07, 6.45) is -4.84. The van der Waals surface area contributed by atoms with Gasteiger partial charge in [0.25, 0.3) is 5.91 Å². The highest BCUT2D eigenvalue weighted by molar-refractivity contribution is 6.14. The molecule has 0 bridgehead atoms. The van der Waals surface area contributed by atoms with E-state index in [1.54, 1.807) is 13.0 Å². The monoisotopic (exact) mass is 554 g/mol. The van der Waals surface area contributed by atoms with Crippen LogP contribution in [0.25, 0.3) is 22.1 Å². The van der Waals surface area contributed by atoms with E-state index in [1.165, 1.54) is 30.3 Å². The molecule has 0 atom stereocenters. The van der Waals surface area contributed by atoms with Crippen LogP contribution in [0.1, 0.15) is 45.8 Å². The average molecular weight is 554 g/mol. The van der Waals surface area contributed by atoms with Gasteiger partial charge in [0.15, 0.2) is 11.3 Å². The topological polar surface area (TPSA) is 151 Å². The van der Waals surface area contributed by atoms with Gasteiger partial charge in [0.2, 0.25) is 11.8 Å². The number of halogens is 3. The second-order valence-electron chi connectivity index (χ2n) is 8.85. The van der Waals surface area contributed by atoms with Crippen LogP contribution in [0.5, 0.6) is 0 Å². The Morgan fingerprint density at radius 2 is 1.55 bits per heavy atom. The molecular weight excluding hydrogens is 533 g/mol. The molecular formula is C27H21F3N4O6. The number of anilines is 3. The van der Waals surface area contributed by atoms with Crippen molar-refractivity contribution in [1.29, 1.82) is 0 Å². The van der Waals surface area contributed by atoms with E-state index in [2.05, 4.69) is 21.1 Å². The number of aromatic carboxylic acids is 1. The fraction of sp³-hybridized carbons (Fsp3) is 0.148. The van der Waals surface area contributed by atoms with Crippen molar-refractivity contribution in [3.8, 4) is 11.1 Å². The fourth-order valence-electron chi connectivity index (χ4n) is 4.08. The van der Waals surface area contributed by atoms with E-state index in [9.17, 15) is 37.5 Å². The van der Waals surface area contributed by atoms with Crippen molar-refractivity contribution in [3.63, 3.8) is 0 Å². The van der Waals surface area contributed by atoms with Crippen molar-refractivity contribution in [2.24, 2.45) is 0 Å². The number of benzene rings is 3. The molecule has 0 spiro atoms. The number of alkyl halides is 3. The number of hydrogen-bond donors (Lipinski definition) is 4. The molecule has 1 aromatic heterocycles. The number of aryl methyl sites for hydroxylation is 1. The molecule has 0 saturated carbocycles. The molecule has 206 valence electrons. The quantitative estimate of drug-likeness (QED) is 0.239. The van der Waals surface area contributed by atoms with Gasteiger partial charge in [0, 0.05) is 30.8 Å². The van der Waals surface area contributed by atoms with E-state index >= 15 is 0 Å². The summed E-state index contributed by atoms with van der Waals surface area (Å²) in [6.45, 7) is 4.00. The molecule has 3 amide bonds. The highest BCUT2D eigenvalue weighted by Crippen LogP contribution is 2.42. The summed E-state index contributed by atoms with van der Waals surface area (Å²) in [5.41, 5.74) is -1.55. The number of hydrogen-bond acceptors (Lipinski definition) is 6. The van der Waals surface area contributed by atoms with Gasteiger partial charge in [-0.25, -0.2) is 4.79 Å². The number of carboxylic acids is 1. The van der Waals surface area contributed by atoms with Crippen LogP contribution in [-0.4, -0.2) is 34.0 Å². The predicted octanol–water partition coefficient (Wildman–Crippen LogP) is 5.69. The van der Waals surface area contributed by atoms with Crippen molar-refractivity contribution < 1.29 is 42.0 Å². The number of fused-ring (bicyclic) bond motifs is 1. The number of aromatic nitrogens is 1. The molecule has 0 radical (unpaired) electrons. The van der Waals surface area contributed by atoms with Gasteiger partial charge >= 0.3 is 12.1 Å². The second kappa shape index (κ2) is 10.5. The lowest BCUT2D eigenvalue weighted by Crippen LogP contribution is -2.16. The lowest BCUT2D eigenvalue weighted by atomic mass is 9.95. The van der Waals surface area contributed by atoms with Gasteiger partial charge in [-0.3, -0.25) is 14.4 Å². The van der Waals surface area contributed by atoms with Crippen molar-refractivity contribution in [2.45, 2.75) is 26.9 Å². The highest BCUT2D eigenvalue weighted by atomic mass is 19.4. The Morgan fingerprint density at radius 1 is 0.850 bits per heavy atom. The summed E-state index contributed by atoms with van der Waals surface area (Å²) in [7, 11) is 0. The number of carbonyl (C=O) groups excluding carboxylic acids is 3. The van der Waals surface area contributed by atoms with Crippen LogP contribution >= 0.6 is 0 Å². The largest absolute Gasteiger partial charge is 0.478 e. The Kier molecular flexibility index (Phi) is 7.32. The Bertz CT molecular complexity index is 1690. The minimum absolute atomic E-state index is 0.00738. The van der Waals surface area contributed by atoms with E-state index in [4.69, 9.17) is 4.52 Å². The third-order valence-electron chi connectivity index (χ3n) is 5.73. The van der Waals surface area contributed by atoms with E-state index in [0.29, 0.717) is 5.56 Å². The Balaban J connectivity index is 1.84. The zero-order valence-corrected chi connectivity index (χ0v) is 21.2. The molecule has 0 unspecified atom stereocenters. The summed E-state index contributed by atoms with van der Waals surface area (Å²) >= 11 is 0. The van der Waals surface area contributed by atoms with E-state index in [-0.39, 0.29) is 50.4 Å². The van der Waals surface area contributed by atoms with Crippen LogP contribution < -0.4 is 16.0 Å². The number of carboxylic acid groups (broad SMARTS) is 1. The number of nitrogens with one attached hydrogen (secondary N) is 3. The normalized spacial score (nSPS) is 11.2. The zero-order chi connectivity index (χ0) is 29.4. The average Bonchev–Trinajstić information content (AvgIpc) is 3.26. The minimum Gasteiger partial charge on any atom is -0.478 e. The van der Waals surface area contributed by atoms with Gasteiger partial charge < -0.3 is 25.6 Å². The van der Waals surface area contributed by atoms with Gasteiger partial charge in [0.1, 0.15) is 0 Å². The summed E-state index contributed by atoms with van der Waals surface area (Å²) in [5.74, 6) is -3.28. The summed E-state index contributed by atoms with van der Waals surface area (Å²) in [6, 6.07) is 9.98. The van der Waals surface area contributed by atoms with Crippen LogP contribution in [0.15, 0.2) is 53.1 Å². The molecule has 3 aromatic carbocycles. The van der Waals surface area contributed by atoms with Crippen molar-refractivity contribution in [1.82, 2.24) is 5.16 Å². The van der Waals surface area contributed by atoms with Crippen molar-refractivity contribution >= 4 is 51.7 Å². The molecule has 0 aliphatic rings.